The number of hydrogen-bond acceptors (Lipinski definition) is 6. The van der Waals surface area contributed by atoms with E-state index in [9.17, 15) is 8.42 Å². The van der Waals surface area contributed by atoms with Crippen LogP contribution in [0.15, 0.2) is 29.4 Å². The lowest BCUT2D eigenvalue weighted by Crippen LogP contribution is -2.23. The standard InChI is InChI=1S/C13H13N5O2S2/c19-22(20,11-5-4-9-2-1-3-10(9)6-11)15-7-12-17-18-8-14-16-13(18)21-12/h4-6,8,15H,1-3,7H2. The quantitative estimate of drug-likeness (QED) is 0.772. The van der Waals surface area contributed by atoms with Crippen molar-refractivity contribution in [2.45, 2.75) is 30.7 Å². The highest BCUT2D eigenvalue weighted by atomic mass is 32.2. The molecule has 0 atom stereocenters. The SMILES string of the molecule is O=S(=O)(NCc1nn2cnnc2s1)c1ccc2c(c1)CCC2. The first-order valence-electron chi connectivity index (χ1n) is 6.89. The van der Waals surface area contributed by atoms with Gasteiger partial charge >= 0.3 is 0 Å². The van der Waals surface area contributed by atoms with Gasteiger partial charge in [-0.2, -0.15) is 9.61 Å². The largest absolute Gasteiger partial charge is 0.240 e. The van der Waals surface area contributed by atoms with E-state index in [1.165, 1.54) is 27.7 Å². The van der Waals surface area contributed by atoms with Gasteiger partial charge in [-0.3, -0.25) is 0 Å². The summed E-state index contributed by atoms with van der Waals surface area (Å²) >= 11 is 1.31. The maximum atomic E-state index is 12.4. The summed E-state index contributed by atoms with van der Waals surface area (Å²) in [5.74, 6) is 0. The van der Waals surface area contributed by atoms with Crippen LogP contribution in [-0.2, 0) is 29.4 Å². The van der Waals surface area contributed by atoms with E-state index in [0.717, 1.165) is 24.8 Å². The normalized spacial score (nSPS) is 14.5. The molecule has 0 aliphatic heterocycles. The van der Waals surface area contributed by atoms with Crippen LogP contribution in [0.1, 0.15) is 22.6 Å². The van der Waals surface area contributed by atoms with E-state index >= 15 is 0 Å². The molecule has 0 bridgehead atoms. The Morgan fingerprint density at radius 2 is 2.14 bits per heavy atom. The molecule has 2 heterocycles. The van der Waals surface area contributed by atoms with Crippen LogP contribution in [0.5, 0.6) is 0 Å². The first-order valence-corrected chi connectivity index (χ1v) is 9.19. The molecule has 1 aliphatic rings. The first-order chi connectivity index (χ1) is 10.6. The first kappa shape index (κ1) is 13.8. The summed E-state index contributed by atoms with van der Waals surface area (Å²) < 4.78 is 28.9. The minimum Gasteiger partial charge on any atom is -0.207 e. The van der Waals surface area contributed by atoms with Crippen LogP contribution in [0.2, 0.25) is 0 Å². The molecule has 1 aromatic carbocycles. The Morgan fingerprint density at radius 3 is 3.00 bits per heavy atom. The fraction of sp³-hybridized carbons (Fsp3) is 0.308. The molecule has 0 fully saturated rings. The molecule has 1 N–H and O–H groups in total. The fourth-order valence-electron chi connectivity index (χ4n) is 2.63. The van der Waals surface area contributed by atoms with E-state index in [-0.39, 0.29) is 6.54 Å². The molecule has 4 rings (SSSR count). The Balaban J connectivity index is 1.54. The number of rotatable bonds is 4. The molecule has 0 radical (unpaired) electrons. The van der Waals surface area contributed by atoms with Gasteiger partial charge in [0.05, 0.1) is 11.4 Å². The number of nitrogens with one attached hydrogen (secondary N) is 1. The zero-order chi connectivity index (χ0) is 15.2. The van der Waals surface area contributed by atoms with Gasteiger partial charge in [0.25, 0.3) is 0 Å². The number of aryl methyl sites for hydroxylation is 2. The zero-order valence-corrected chi connectivity index (χ0v) is 13.2. The van der Waals surface area contributed by atoms with Crippen molar-refractivity contribution >= 4 is 26.3 Å². The highest BCUT2D eigenvalue weighted by Gasteiger charge is 2.19. The Labute approximate surface area is 131 Å². The third-order valence-corrected chi connectivity index (χ3v) is 6.03. The Hall–Kier alpha value is -1.84. The maximum Gasteiger partial charge on any atom is 0.240 e. The van der Waals surface area contributed by atoms with Crippen LogP contribution >= 0.6 is 11.3 Å². The number of hydrogen-bond donors (Lipinski definition) is 1. The van der Waals surface area contributed by atoms with Crippen LogP contribution in [0.3, 0.4) is 0 Å². The average molecular weight is 335 g/mol. The highest BCUT2D eigenvalue weighted by molar-refractivity contribution is 7.89. The number of nitrogens with zero attached hydrogens (tertiary/aromatic N) is 4. The van der Waals surface area contributed by atoms with Crippen molar-refractivity contribution in [2.75, 3.05) is 0 Å². The third kappa shape index (κ3) is 2.40. The van der Waals surface area contributed by atoms with Crippen LogP contribution in [0, 0.1) is 0 Å². The van der Waals surface area contributed by atoms with Gasteiger partial charge in [0.2, 0.25) is 15.0 Å². The van der Waals surface area contributed by atoms with Crippen LogP contribution in [0.4, 0.5) is 0 Å². The number of sulfonamides is 1. The lowest BCUT2D eigenvalue weighted by Gasteiger charge is -2.07. The van der Waals surface area contributed by atoms with E-state index in [1.54, 1.807) is 12.1 Å². The van der Waals surface area contributed by atoms with Crippen LogP contribution in [-0.4, -0.2) is 28.2 Å². The van der Waals surface area contributed by atoms with E-state index in [2.05, 4.69) is 20.0 Å². The third-order valence-electron chi connectivity index (χ3n) is 3.72. The average Bonchev–Trinajstić information content (AvgIpc) is 3.19. The summed E-state index contributed by atoms with van der Waals surface area (Å²) in [5.41, 5.74) is 2.40. The second kappa shape index (κ2) is 5.11. The molecule has 1 aliphatic carbocycles. The maximum absolute atomic E-state index is 12.4. The monoisotopic (exact) mass is 335 g/mol. The van der Waals surface area contributed by atoms with Gasteiger partial charge < -0.3 is 0 Å². The van der Waals surface area contributed by atoms with Crippen molar-refractivity contribution in [3.8, 4) is 0 Å². The molecule has 0 unspecified atom stereocenters. The molecule has 9 heteroatoms. The lowest BCUT2D eigenvalue weighted by atomic mass is 10.1. The molecular formula is C13H13N5O2S2. The number of aromatic nitrogens is 4. The van der Waals surface area contributed by atoms with Gasteiger partial charge in [0, 0.05) is 0 Å². The number of fused-ring (bicyclic) bond motifs is 2. The van der Waals surface area contributed by atoms with Crippen molar-refractivity contribution in [1.29, 1.82) is 0 Å². The minimum atomic E-state index is -3.53. The molecule has 22 heavy (non-hydrogen) atoms. The minimum absolute atomic E-state index is 0.146. The molecule has 3 aromatic rings. The predicted octanol–water partition coefficient (Wildman–Crippen LogP) is 1.15. The number of benzene rings is 1. The molecule has 2 aromatic heterocycles. The summed E-state index contributed by atoms with van der Waals surface area (Å²) in [5, 5.41) is 12.4. The van der Waals surface area contributed by atoms with Crippen molar-refractivity contribution in [3.05, 3.63) is 40.7 Å². The topological polar surface area (TPSA) is 89.2 Å². The van der Waals surface area contributed by atoms with Gasteiger partial charge in [0.1, 0.15) is 11.3 Å². The van der Waals surface area contributed by atoms with Crippen molar-refractivity contribution in [3.63, 3.8) is 0 Å². The molecule has 0 saturated carbocycles. The molecule has 114 valence electrons. The molecular weight excluding hydrogens is 322 g/mol. The lowest BCUT2D eigenvalue weighted by molar-refractivity contribution is 0.580. The summed E-state index contributed by atoms with van der Waals surface area (Å²) in [6.45, 7) is 0.146. The summed E-state index contributed by atoms with van der Waals surface area (Å²) in [6, 6.07) is 5.37. The molecule has 0 amide bonds. The van der Waals surface area contributed by atoms with Crippen molar-refractivity contribution in [1.82, 2.24) is 24.5 Å². The Morgan fingerprint density at radius 1 is 1.27 bits per heavy atom. The Bertz CT molecular complexity index is 916. The van der Waals surface area contributed by atoms with Gasteiger partial charge in [-0.05, 0) is 42.5 Å². The smallest absolute Gasteiger partial charge is 0.207 e. The van der Waals surface area contributed by atoms with Crippen LogP contribution in [0.25, 0.3) is 4.96 Å². The second-order valence-corrected chi connectivity index (χ2v) is 7.97. The van der Waals surface area contributed by atoms with E-state index in [4.69, 9.17) is 0 Å². The van der Waals surface area contributed by atoms with E-state index in [1.807, 2.05) is 6.07 Å². The van der Waals surface area contributed by atoms with Gasteiger partial charge in [-0.15, -0.1) is 10.2 Å². The summed E-state index contributed by atoms with van der Waals surface area (Å²) in [7, 11) is -3.53. The molecule has 0 saturated heterocycles. The van der Waals surface area contributed by atoms with E-state index in [0.29, 0.717) is 14.9 Å². The fourth-order valence-corrected chi connectivity index (χ4v) is 4.51. The van der Waals surface area contributed by atoms with Crippen molar-refractivity contribution in [2.24, 2.45) is 0 Å². The van der Waals surface area contributed by atoms with Gasteiger partial charge in [-0.25, -0.2) is 13.1 Å². The zero-order valence-electron chi connectivity index (χ0n) is 11.6. The summed E-state index contributed by atoms with van der Waals surface area (Å²) in [6.07, 6.45) is 4.58. The second-order valence-electron chi connectivity index (χ2n) is 5.16. The summed E-state index contributed by atoms with van der Waals surface area (Å²) in [4.78, 5) is 0.961. The Kier molecular flexibility index (Phi) is 3.21. The van der Waals surface area contributed by atoms with E-state index < -0.39 is 10.0 Å². The molecule has 7 nitrogen and oxygen atoms in total. The predicted molar refractivity (Wildman–Crippen MR) is 81.2 cm³/mol. The van der Waals surface area contributed by atoms with Crippen LogP contribution < -0.4 is 4.72 Å². The van der Waals surface area contributed by atoms with Crippen molar-refractivity contribution < 1.29 is 8.42 Å². The van der Waals surface area contributed by atoms with Gasteiger partial charge in [0.15, 0.2) is 0 Å². The highest BCUT2D eigenvalue weighted by Crippen LogP contribution is 2.24. The van der Waals surface area contributed by atoms with Gasteiger partial charge in [-0.1, -0.05) is 17.4 Å². The molecule has 0 spiro atoms.